The summed E-state index contributed by atoms with van der Waals surface area (Å²) >= 11 is 0. The van der Waals surface area contributed by atoms with Crippen LogP contribution >= 0.6 is 0 Å². The van der Waals surface area contributed by atoms with Crippen molar-refractivity contribution < 1.29 is 19.1 Å². The SMILES string of the molecule is CCN1CCOC[C@@H]1C(=O)OCc1cccc(C(=O)N2CCCCC2)c1. The van der Waals surface area contributed by atoms with Gasteiger partial charge in [0, 0.05) is 25.2 Å². The van der Waals surface area contributed by atoms with Gasteiger partial charge in [-0.05, 0) is 43.5 Å². The number of carbonyl (C=O) groups is 2. The molecule has 2 heterocycles. The number of hydrogen-bond acceptors (Lipinski definition) is 5. The van der Waals surface area contributed by atoms with E-state index < -0.39 is 0 Å². The fourth-order valence-corrected chi connectivity index (χ4v) is 3.56. The second-order valence-electron chi connectivity index (χ2n) is 6.88. The highest BCUT2D eigenvalue weighted by Gasteiger charge is 2.29. The highest BCUT2D eigenvalue weighted by atomic mass is 16.5. The summed E-state index contributed by atoms with van der Waals surface area (Å²) in [6.07, 6.45) is 3.33. The Morgan fingerprint density at radius 2 is 2.00 bits per heavy atom. The molecule has 1 atom stereocenters. The predicted molar refractivity (Wildman–Crippen MR) is 97.8 cm³/mol. The Balaban J connectivity index is 1.58. The van der Waals surface area contributed by atoms with Crippen LogP contribution in [0.4, 0.5) is 0 Å². The Labute approximate surface area is 155 Å². The smallest absolute Gasteiger partial charge is 0.326 e. The van der Waals surface area contributed by atoms with Gasteiger partial charge in [-0.2, -0.15) is 0 Å². The zero-order valence-electron chi connectivity index (χ0n) is 15.5. The highest BCUT2D eigenvalue weighted by Crippen LogP contribution is 2.15. The molecule has 3 rings (SSSR count). The van der Waals surface area contributed by atoms with Crippen molar-refractivity contribution in [2.45, 2.75) is 38.8 Å². The van der Waals surface area contributed by atoms with E-state index in [1.54, 1.807) is 0 Å². The Morgan fingerprint density at radius 1 is 1.19 bits per heavy atom. The summed E-state index contributed by atoms with van der Waals surface area (Å²) in [6, 6.07) is 7.05. The molecule has 0 unspecified atom stereocenters. The molecule has 6 heteroatoms. The molecule has 0 saturated carbocycles. The topological polar surface area (TPSA) is 59.1 Å². The molecule has 0 bridgehead atoms. The van der Waals surface area contributed by atoms with Crippen LogP contribution in [0, 0.1) is 0 Å². The minimum absolute atomic E-state index is 0.0655. The summed E-state index contributed by atoms with van der Waals surface area (Å²) in [5.41, 5.74) is 1.50. The normalized spacial score (nSPS) is 21.4. The largest absolute Gasteiger partial charge is 0.460 e. The van der Waals surface area contributed by atoms with Gasteiger partial charge in [0.1, 0.15) is 12.6 Å². The molecular formula is C20H28N2O4. The fourth-order valence-electron chi connectivity index (χ4n) is 3.56. The number of amides is 1. The third-order valence-corrected chi connectivity index (χ3v) is 5.12. The Morgan fingerprint density at radius 3 is 2.77 bits per heavy atom. The standard InChI is InChI=1S/C20H28N2O4/c1-2-21-11-12-25-15-18(21)20(24)26-14-16-7-6-8-17(13-16)19(23)22-9-4-3-5-10-22/h6-8,13,18H,2-5,9-12,14-15H2,1H3/t18-/m1/s1. The summed E-state index contributed by atoms with van der Waals surface area (Å²) in [4.78, 5) is 29.0. The van der Waals surface area contributed by atoms with Gasteiger partial charge in [-0.25, -0.2) is 0 Å². The van der Waals surface area contributed by atoms with Crippen molar-refractivity contribution in [3.8, 4) is 0 Å². The first-order chi connectivity index (χ1) is 12.7. The van der Waals surface area contributed by atoms with Gasteiger partial charge in [-0.3, -0.25) is 14.5 Å². The molecule has 26 heavy (non-hydrogen) atoms. The molecule has 0 radical (unpaired) electrons. The molecule has 142 valence electrons. The van der Waals surface area contributed by atoms with Crippen molar-refractivity contribution in [3.05, 3.63) is 35.4 Å². The molecular weight excluding hydrogens is 332 g/mol. The Kier molecular flexibility index (Phi) is 6.63. The second kappa shape index (κ2) is 9.14. The van der Waals surface area contributed by atoms with E-state index in [0.717, 1.165) is 44.6 Å². The molecule has 0 aromatic heterocycles. The van der Waals surface area contributed by atoms with E-state index in [1.807, 2.05) is 36.1 Å². The quantitative estimate of drug-likeness (QED) is 0.753. The Hall–Kier alpha value is -1.92. The van der Waals surface area contributed by atoms with Gasteiger partial charge in [-0.1, -0.05) is 19.1 Å². The zero-order chi connectivity index (χ0) is 18.4. The van der Waals surface area contributed by atoms with Crippen LogP contribution in [0.5, 0.6) is 0 Å². The van der Waals surface area contributed by atoms with Crippen molar-refractivity contribution in [2.75, 3.05) is 39.4 Å². The van der Waals surface area contributed by atoms with Crippen LogP contribution in [0.3, 0.4) is 0 Å². The highest BCUT2D eigenvalue weighted by molar-refractivity contribution is 5.94. The summed E-state index contributed by atoms with van der Waals surface area (Å²) in [7, 11) is 0. The molecule has 2 saturated heterocycles. The predicted octanol–water partition coefficient (Wildman–Crippen LogP) is 2.08. The molecule has 1 aromatic rings. The number of benzene rings is 1. The van der Waals surface area contributed by atoms with Crippen molar-refractivity contribution in [1.82, 2.24) is 9.80 Å². The van der Waals surface area contributed by atoms with Gasteiger partial charge in [-0.15, -0.1) is 0 Å². The number of esters is 1. The maximum absolute atomic E-state index is 12.6. The first-order valence-corrected chi connectivity index (χ1v) is 9.55. The van der Waals surface area contributed by atoms with Gasteiger partial charge >= 0.3 is 5.97 Å². The van der Waals surface area contributed by atoms with Gasteiger partial charge < -0.3 is 14.4 Å². The maximum atomic E-state index is 12.6. The summed E-state index contributed by atoms with van der Waals surface area (Å²) < 4.78 is 10.9. The van der Waals surface area contributed by atoms with E-state index in [0.29, 0.717) is 18.8 Å². The van der Waals surface area contributed by atoms with Gasteiger partial charge in [0.05, 0.1) is 13.2 Å². The van der Waals surface area contributed by atoms with E-state index in [1.165, 1.54) is 6.42 Å². The number of piperidine rings is 1. The molecule has 0 aliphatic carbocycles. The van der Waals surface area contributed by atoms with E-state index >= 15 is 0 Å². The minimum atomic E-state index is -0.341. The summed E-state index contributed by atoms with van der Waals surface area (Å²) in [5, 5.41) is 0. The van der Waals surface area contributed by atoms with E-state index in [-0.39, 0.29) is 24.5 Å². The lowest BCUT2D eigenvalue weighted by Gasteiger charge is -2.32. The zero-order valence-corrected chi connectivity index (χ0v) is 15.5. The second-order valence-corrected chi connectivity index (χ2v) is 6.88. The number of carbonyl (C=O) groups excluding carboxylic acids is 2. The van der Waals surface area contributed by atoms with Crippen molar-refractivity contribution in [1.29, 1.82) is 0 Å². The third kappa shape index (κ3) is 4.62. The molecule has 2 fully saturated rings. The van der Waals surface area contributed by atoms with Crippen molar-refractivity contribution >= 4 is 11.9 Å². The molecule has 1 amide bonds. The average Bonchev–Trinajstić information content (AvgIpc) is 2.72. The van der Waals surface area contributed by atoms with Gasteiger partial charge in [0.25, 0.3) is 5.91 Å². The minimum Gasteiger partial charge on any atom is -0.460 e. The van der Waals surface area contributed by atoms with Gasteiger partial charge in [0.15, 0.2) is 0 Å². The van der Waals surface area contributed by atoms with Crippen molar-refractivity contribution in [2.24, 2.45) is 0 Å². The number of morpholine rings is 1. The number of likely N-dealkylation sites (N-methyl/N-ethyl adjacent to an activating group) is 1. The van der Waals surface area contributed by atoms with Crippen LogP contribution in [0.15, 0.2) is 24.3 Å². The van der Waals surface area contributed by atoms with Crippen LogP contribution in [0.1, 0.15) is 42.1 Å². The lowest BCUT2D eigenvalue weighted by Crippen LogP contribution is -2.50. The van der Waals surface area contributed by atoms with Crippen LogP contribution in [0.25, 0.3) is 0 Å². The molecule has 0 N–H and O–H groups in total. The molecule has 2 aliphatic heterocycles. The molecule has 6 nitrogen and oxygen atoms in total. The molecule has 2 aliphatic rings. The van der Waals surface area contributed by atoms with Crippen molar-refractivity contribution in [3.63, 3.8) is 0 Å². The number of nitrogens with zero attached hydrogens (tertiary/aromatic N) is 2. The third-order valence-electron chi connectivity index (χ3n) is 5.12. The molecule has 0 spiro atoms. The monoisotopic (exact) mass is 360 g/mol. The fraction of sp³-hybridized carbons (Fsp3) is 0.600. The Bertz CT molecular complexity index is 628. The van der Waals surface area contributed by atoms with Crippen LogP contribution in [0.2, 0.25) is 0 Å². The van der Waals surface area contributed by atoms with E-state index in [9.17, 15) is 9.59 Å². The summed E-state index contributed by atoms with van der Waals surface area (Å²) in [6.45, 7) is 6.42. The number of rotatable bonds is 5. The lowest BCUT2D eigenvalue weighted by molar-refractivity contribution is -0.157. The molecule has 1 aromatic carbocycles. The van der Waals surface area contributed by atoms with E-state index in [4.69, 9.17) is 9.47 Å². The van der Waals surface area contributed by atoms with Crippen LogP contribution < -0.4 is 0 Å². The van der Waals surface area contributed by atoms with E-state index in [2.05, 4.69) is 4.90 Å². The lowest BCUT2D eigenvalue weighted by atomic mass is 10.1. The average molecular weight is 360 g/mol. The van der Waals surface area contributed by atoms with Crippen LogP contribution in [-0.2, 0) is 20.9 Å². The first-order valence-electron chi connectivity index (χ1n) is 9.55. The van der Waals surface area contributed by atoms with Crippen LogP contribution in [-0.4, -0.2) is 67.1 Å². The van der Waals surface area contributed by atoms with Gasteiger partial charge in [0.2, 0.25) is 0 Å². The number of hydrogen-bond donors (Lipinski definition) is 0. The first kappa shape index (κ1) is 18.9. The number of likely N-dealkylation sites (tertiary alicyclic amines) is 1. The summed E-state index contributed by atoms with van der Waals surface area (Å²) in [5.74, 6) is -0.199. The maximum Gasteiger partial charge on any atom is 0.326 e. The number of ether oxygens (including phenoxy) is 2.